The van der Waals surface area contributed by atoms with E-state index in [0.717, 1.165) is 10.8 Å². The summed E-state index contributed by atoms with van der Waals surface area (Å²) in [5.41, 5.74) is 24.8. The maximum atomic E-state index is 5.83. The summed E-state index contributed by atoms with van der Waals surface area (Å²) in [6.07, 6.45) is 0. The third-order valence-corrected chi connectivity index (χ3v) is 2.38. The maximum absolute atomic E-state index is 5.83. The van der Waals surface area contributed by atoms with Gasteiger partial charge in [0, 0.05) is 10.8 Å². The van der Waals surface area contributed by atoms with Crippen molar-refractivity contribution in [3.8, 4) is 0 Å². The quantitative estimate of drug-likeness (QED) is 0.556. The molecule has 2 aromatic carbocycles. The van der Waals surface area contributed by atoms with Gasteiger partial charge in [0.1, 0.15) is 0 Å². The molecular weight excluding hydrogens is 318 g/mol. The molecule has 0 bridgehead atoms. The van der Waals surface area contributed by atoms with E-state index in [1.807, 2.05) is 24.3 Å². The monoisotopic (exact) mass is 332 g/mol. The molecule has 0 heterocycles. The van der Waals surface area contributed by atoms with Crippen molar-refractivity contribution >= 4 is 83.2 Å². The van der Waals surface area contributed by atoms with Crippen LogP contribution in [0.3, 0.4) is 0 Å². The molecule has 0 spiro atoms. The Hall–Kier alpha value is -0.940. The van der Waals surface area contributed by atoms with E-state index in [0.29, 0.717) is 22.7 Å². The standard InChI is InChI=1S/C10H12N4.4ClH/c11-7-5-3-1-2-4-6(5)8(12)10(14)9(7)13;;;;/h1-4H,11-14H2;4*1H. The van der Waals surface area contributed by atoms with E-state index < -0.39 is 0 Å². The molecule has 2 aromatic rings. The number of benzene rings is 2. The average Bonchev–Trinajstić information content (AvgIpc) is 2.23. The van der Waals surface area contributed by atoms with Gasteiger partial charge in [0.05, 0.1) is 22.7 Å². The molecule has 0 fully saturated rings. The zero-order valence-corrected chi connectivity index (χ0v) is 12.5. The molecule has 0 unspecified atom stereocenters. The van der Waals surface area contributed by atoms with Crippen molar-refractivity contribution in [3.63, 3.8) is 0 Å². The molecule has 0 radical (unpaired) electrons. The van der Waals surface area contributed by atoms with Gasteiger partial charge in [0.25, 0.3) is 0 Å². The van der Waals surface area contributed by atoms with Crippen molar-refractivity contribution < 1.29 is 0 Å². The Morgan fingerprint density at radius 1 is 0.500 bits per heavy atom. The van der Waals surface area contributed by atoms with Gasteiger partial charge in [-0.2, -0.15) is 0 Å². The second kappa shape index (κ2) is 8.21. The number of anilines is 4. The molecule has 8 heteroatoms. The highest BCUT2D eigenvalue weighted by Crippen LogP contribution is 2.37. The fraction of sp³-hybridized carbons (Fsp3) is 0. The zero-order chi connectivity index (χ0) is 10.3. The molecule has 4 nitrogen and oxygen atoms in total. The van der Waals surface area contributed by atoms with Crippen LogP contribution in [0.1, 0.15) is 0 Å². The Morgan fingerprint density at radius 2 is 0.778 bits per heavy atom. The average molecular weight is 334 g/mol. The lowest BCUT2D eigenvalue weighted by molar-refractivity contribution is 1.67. The molecule has 0 amide bonds. The first-order chi connectivity index (χ1) is 6.63. The van der Waals surface area contributed by atoms with Crippen LogP contribution in [0.25, 0.3) is 10.8 Å². The van der Waals surface area contributed by atoms with Gasteiger partial charge in [-0.05, 0) is 0 Å². The molecule has 0 aliphatic heterocycles. The Kier molecular flexibility index (Phi) is 10.2. The van der Waals surface area contributed by atoms with Crippen molar-refractivity contribution in [1.82, 2.24) is 0 Å². The number of rotatable bonds is 0. The van der Waals surface area contributed by atoms with Crippen LogP contribution in [0.5, 0.6) is 0 Å². The van der Waals surface area contributed by atoms with Gasteiger partial charge >= 0.3 is 0 Å². The van der Waals surface area contributed by atoms with Crippen LogP contribution >= 0.6 is 49.6 Å². The van der Waals surface area contributed by atoms with Crippen LogP contribution in [0.4, 0.5) is 22.7 Å². The van der Waals surface area contributed by atoms with Gasteiger partial charge in [-0.3, -0.25) is 0 Å². The molecule has 104 valence electrons. The van der Waals surface area contributed by atoms with Crippen LogP contribution in [0, 0.1) is 0 Å². The summed E-state index contributed by atoms with van der Waals surface area (Å²) in [6.45, 7) is 0. The van der Waals surface area contributed by atoms with Gasteiger partial charge < -0.3 is 22.9 Å². The van der Waals surface area contributed by atoms with Crippen LogP contribution in [0.2, 0.25) is 0 Å². The Labute approximate surface area is 130 Å². The van der Waals surface area contributed by atoms with E-state index in [-0.39, 0.29) is 49.6 Å². The third-order valence-electron chi connectivity index (χ3n) is 2.38. The van der Waals surface area contributed by atoms with Gasteiger partial charge in [0.15, 0.2) is 0 Å². The largest absolute Gasteiger partial charge is 0.396 e. The molecule has 0 aliphatic carbocycles. The Bertz CT molecular complexity index is 472. The number of fused-ring (bicyclic) bond motifs is 1. The first kappa shape index (κ1) is 22.3. The summed E-state index contributed by atoms with van der Waals surface area (Å²) in [5, 5.41) is 1.69. The van der Waals surface area contributed by atoms with Gasteiger partial charge in [-0.25, -0.2) is 0 Å². The number of hydrogen-bond acceptors (Lipinski definition) is 4. The minimum absolute atomic E-state index is 0. The van der Waals surface area contributed by atoms with E-state index in [1.54, 1.807) is 0 Å². The summed E-state index contributed by atoms with van der Waals surface area (Å²) in [7, 11) is 0. The van der Waals surface area contributed by atoms with Gasteiger partial charge in [-0.15, -0.1) is 49.6 Å². The molecule has 0 saturated heterocycles. The summed E-state index contributed by atoms with van der Waals surface area (Å²) in [5.74, 6) is 0. The highest BCUT2D eigenvalue weighted by Gasteiger charge is 2.10. The highest BCUT2D eigenvalue weighted by molar-refractivity contribution is 6.11. The normalized spacial score (nSPS) is 8.22. The molecule has 0 aromatic heterocycles. The maximum Gasteiger partial charge on any atom is 0.0809 e. The fourth-order valence-electron chi connectivity index (χ4n) is 1.53. The lowest BCUT2D eigenvalue weighted by Gasteiger charge is -2.11. The number of nitrogen functional groups attached to an aromatic ring is 4. The Morgan fingerprint density at radius 3 is 1.06 bits per heavy atom. The van der Waals surface area contributed by atoms with Gasteiger partial charge in [0.2, 0.25) is 0 Å². The number of nitrogens with two attached hydrogens (primary N) is 4. The summed E-state index contributed by atoms with van der Waals surface area (Å²) in [6, 6.07) is 7.51. The van der Waals surface area contributed by atoms with E-state index in [4.69, 9.17) is 22.9 Å². The minimum Gasteiger partial charge on any atom is -0.396 e. The number of halogens is 4. The number of hydrogen-bond donors (Lipinski definition) is 4. The first-order valence-electron chi connectivity index (χ1n) is 4.23. The molecular formula is C10H16Cl4N4. The molecule has 18 heavy (non-hydrogen) atoms. The predicted octanol–water partition coefficient (Wildman–Crippen LogP) is 2.86. The minimum atomic E-state index is 0. The van der Waals surface area contributed by atoms with E-state index in [9.17, 15) is 0 Å². The fourth-order valence-corrected chi connectivity index (χ4v) is 1.53. The molecule has 2 rings (SSSR count). The lowest BCUT2D eigenvalue weighted by Crippen LogP contribution is -2.04. The summed E-state index contributed by atoms with van der Waals surface area (Å²) >= 11 is 0. The molecule has 8 N–H and O–H groups in total. The lowest BCUT2D eigenvalue weighted by atomic mass is 10.0. The van der Waals surface area contributed by atoms with Crippen molar-refractivity contribution in [1.29, 1.82) is 0 Å². The van der Waals surface area contributed by atoms with Crippen LogP contribution in [-0.2, 0) is 0 Å². The topological polar surface area (TPSA) is 104 Å². The van der Waals surface area contributed by atoms with Crippen LogP contribution < -0.4 is 22.9 Å². The summed E-state index contributed by atoms with van der Waals surface area (Å²) in [4.78, 5) is 0. The van der Waals surface area contributed by atoms with Crippen molar-refractivity contribution in [2.75, 3.05) is 22.9 Å². The Balaban J connectivity index is -0.000000562. The van der Waals surface area contributed by atoms with E-state index >= 15 is 0 Å². The third kappa shape index (κ3) is 3.29. The second-order valence-corrected chi connectivity index (χ2v) is 3.20. The highest BCUT2D eigenvalue weighted by atomic mass is 35.5. The smallest absolute Gasteiger partial charge is 0.0809 e. The molecule has 0 saturated carbocycles. The van der Waals surface area contributed by atoms with Crippen LogP contribution in [-0.4, -0.2) is 0 Å². The van der Waals surface area contributed by atoms with Crippen LogP contribution in [0.15, 0.2) is 24.3 Å². The molecule has 0 atom stereocenters. The second-order valence-electron chi connectivity index (χ2n) is 3.20. The predicted molar refractivity (Wildman–Crippen MR) is 90.6 cm³/mol. The zero-order valence-electron chi connectivity index (χ0n) is 9.25. The van der Waals surface area contributed by atoms with E-state index in [2.05, 4.69) is 0 Å². The van der Waals surface area contributed by atoms with E-state index in [1.165, 1.54) is 0 Å². The summed E-state index contributed by atoms with van der Waals surface area (Å²) < 4.78 is 0. The van der Waals surface area contributed by atoms with Gasteiger partial charge in [-0.1, -0.05) is 24.3 Å². The van der Waals surface area contributed by atoms with Crippen molar-refractivity contribution in [2.45, 2.75) is 0 Å². The van der Waals surface area contributed by atoms with Crippen molar-refractivity contribution in [3.05, 3.63) is 24.3 Å². The first-order valence-corrected chi connectivity index (χ1v) is 4.23. The SMILES string of the molecule is Cl.Cl.Cl.Cl.Nc1c(N)c(N)c2ccccc2c1N. The van der Waals surface area contributed by atoms with Crippen molar-refractivity contribution in [2.24, 2.45) is 0 Å². The molecule has 0 aliphatic rings.